The van der Waals surface area contributed by atoms with Gasteiger partial charge in [0, 0.05) is 0 Å². The third kappa shape index (κ3) is 4.44. The van der Waals surface area contributed by atoms with Crippen LogP contribution in [0.2, 0.25) is 0 Å². The van der Waals surface area contributed by atoms with E-state index in [9.17, 15) is 5.26 Å². The number of benzene rings is 8. The summed E-state index contributed by atoms with van der Waals surface area (Å²) in [5.41, 5.74) is 10.8. The average Bonchev–Trinajstić information content (AvgIpc) is 3.53. The smallest absolute Gasteiger partial charge is 0.0992 e. The highest BCUT2D eigenvalue weighted by atomic mass is 14.8. The molecule has 0 bridgehead atoms. The number of fused-ring (bicyclic) bond motifs is 4. The van der Waals surface area contributed by atoms with Gasteiger partial charge >= 0.3 is 0 Å². The molecule has 0 fully saturated rings. The van der Waals surface area contributed by atoms with Crippen LogP contribution >= 0.6 is 0 Å². The van der Waals surface area contributed by atoms with Crippen molar-refractivity contribution in [3.05, 3.63) is 186 Å². The van der Waals surface area contributed by atoms with Gasteiger partial charge in [0.1, 0.15) is 0 Å². The number of aliphatic imine (C=N–C) groups is 1. The Labute approximate surface area is 273 Å². The highest BCUT2D eigenvalue weighted by molar-refractivity contribution is 6.22. The summed E-state index contributed by atoms with van der Waals surface area (Å²) in [5.74, 6) is -0.0158. The molecule has 1 unspecified atom stereocenters. The lowest BCUT2D eigenvalue weighted by Crippen LogP contribution is -2.11. The van der Waals surface area contributed by atoms with Gasteiger partial charge < -0.3 is 0 Å². The molecule has 8 aromatic carbocycles. The van der Waals surface area contributed by atoms with E-state index in [4.69, 9.17) is 4.99 Å². The topological polar surface area (TPSA) is 36.1 Å². The zero-order valence-corrected chi connectivity index (χ0v) is 25.6. The Morgan fingerprint density at radius 1 is 0.468 bits per heavy atom. The Bertz CT molecular complexity index is 2530. The molecular formula is C45H28N2. The summed E-state index contributed by atoms with van der Waals surface area (Å²) in [6, 6.07) is 60.6. The maximum Gasteiger partial charge on any atom is 0.0992 e. The second-order valence-electron chi connectivity index (χ2n) is 12.2. The van der Waals surface area contributed by atoms with Gasteiger partial charge in [-0.15, -0.1) is 0 Å². The minimum Gasteiger partial charge on any atom is -0.251 e. The lowest BCUT2D eigenvalue weighted by molar-refractivity contribution is 1.11. The lowest BCUT2D eigenvalue weighted by atomic mass is 9.83. The van der Waals surface area contributed by atoms with Crippen LogP contribution in [-0.2, 0) is 0 Å². The van der Waals surface area contributed by atoms with Crippen LogP contribution < -0.4 is 0 Å². The molecule has 9 rings (SSSR count). The van der Waals surface area contributed by atoms with E-state index in [0.29, 0.717) is 5.56 Å². The van der Waals surface area contributed by atoms with E-state index >= 15 is 0 Å². The lowest BCUT2D eigenvalue weighted by Gasteiger charge is -2.19. The maximum absolute atomic E-state index is 9.61. The van der Waals surface area contributed by atoms with E-state index in [1.807, 2.05) is 18.2 Å². The van der Waals surface area contributed by atoms with Gasteiger partial charge in [-0.3, -0.25) is 4.99 Å². The summed E-state index contributed by atoms with van der Waals surface area (Å²) in [7, 11) is 0. The molecule has 0 aromatic heterocycles. The van der Waals surface area contributed by atoms with Crippen LogP contribution in [0.4, 0.5) is 5.69 Å². The third-order valence-corrected chi connectivity index (χ3v) is 9.53. The van der Waals surface area contributed by atoms with Gasteiger partial charge in [-0.25, -0.2) is 0 Å². The first-order chi connectivity index (χ1) is 23.3. The Morgan fingerprint density at radius 2 is 1.06 bits per heavy atom. The van der Waals surface area contributed by atoms with Crippen LogP contribution in [0, 0.1) is 11.3 Å². The van der Waals surface area contributed by atoms with Crippen LogP contribution in [0.25, 0.3) is 54.6 Å². The molecule has 0 spiro atoms. The summed E-state index contributed by atoms with van der Waals surface area (Å²) in [5, 5.41) is 17.0. The van der Waals surface area contributed by atoms with E-state index in [0.717, 1.165) is 28.1 Å². The fraction of sp³-hybridized carbons (Fsp3) is 0.0222. The molecule has 0 N–H and O–H groups in total. The van der Waals surface area contributed by atoms with Gasteiger partial charge in [0.15, 0.2) is 0 Å². The van der Waals surface area contributed by atoms with E-state index < -0.39 is 0 Å². The van der Waals surface area contributed by atoms with E-state index in [2.05, 4.69) is 152 Å². The Balaban J connectivity index is 1.27. The van der Waals surface area contributed by atoms with Crippen LogP contribution in [0.1, 0.15) is 28.2 Å². The van der Waals surface area contributed by atoms with Gasteiger partial charge in [0.25, 0.3) is 0 Å². The van der Waals surface area contributed by atoms with Gasteiger partial charge in [-0.2, -0.15) is 5.26 Å². The van der Waals surface area contributed by atoms with Crippen LogP contribution in [0.3, 0.4) is 0 Å². The van der Waals surface area contributed by atoms with E-state index in [1.165, 1.54) is 54.6 Å². The number of nitrogens with zero attached hydrogens (tertiary/aromatic N) is 2. The van der Waals surface area contributed by atoms with Gasteiger partial charge in [-0.1, -0.05) is 140 Å². The third-order valence-electron chi connectivity index (χ3n) is 9.53. The zero-order chi connectivity index (χ0) is 31.3. The van der Waals surface area contributed by atoms with Crippen molar-refractivity contribution >= 4 is 43.7 Å². The molecule has 0 aliphatic carbocycles. The fourth-order valence-electron chi connectivity index (χ4n) is 7.44. The van der Waals surface area contributed by atoms with Gasteiger partial charge in [0.05, 0.1) is 28.9 Å². The fourth-order valence-corrected chi connectivity index (χ4v) is 7.44. The maximum atomic E-state index is 9.61. The molecule has 0 saturated heterocycles. The number of rotatable bonds is 4. The first-order valence-electron chi connectivity index (χ1n) is 16.0. The highest BCUT2D eigenvalue weighted by Crippen LogP contribution is 2.46. The van der Waals surface area contributed by atoms with Crippen molar-refractivity contribution in [1.82, 2.24) is 0 Å². The molecule has 1 heterocycles. The van der Waals surface area contributed by atoms with Crippen molar-refractivity contribution < 1.29 is 0 Å². The zero-order valence-electron chi connectivity index (χ0n) is 25.6. The second-order valence-corrected chi connectivity index (χ2v) is 12.2. The quantitative estimate of drug-likeness (QED) is 0.186. The number of nitriles is 1. The molecule has 47 heavy (non-hydrogen) atoms. The normalized spacial score (nSPS) is 13.9. The standard InChI is InChI=1S/C45H28N2/c46-28-29-21-24-40-41(25-29)47-45(44(40)31-12-2-1-3-13-31)35-16-10-15-33(27-35)42-36-17-6-8-19-38(36)43(39-20-9-7-18-37(39)42)34-23-22-30-11-4-5-14-32(30)26-34/h1-27,44H. The highest BCUT2D eigenvalue weighted by Gasteiger charge is 2.30. The molecule has 0 saturated carbocycles. The molecular weight excluding hydrogens is 569 g/mol. The minimum absolute atomic E-state index is 0.0158. The van der Waals surface area contributed by atoms with Crippen molar-refractivity contribution in [3.8, 4) is 28.3 Å². The molecule has 2 heteroatoms. The summed E-state index contributed by atoms with van der Waals surface area (Å²) < 4.78 is 0. The van der Waals surface area contributed by atoms with Crippen molar-refractivity contribution in [2.24, 2.45) is 4.99 Å². The number of hydrogen-bond acceptors (Lipinski definition) is 2. The molecule has 0 radical (unpaired) electrons. The van der Waals surface area contributed by atoms with Gasteiger partial charge in [-0.05, 0) is 95.5 Å². The van der Waals surface area contributed by atoms with Gasteiger partial charge in [0.2, 0.25) is 0 Å². The minimum atomic E-state index is -0.0158. The first-order valence-corrected chi connectivity index (χ1v) is 16.0. The first kappa shape index (κ1) is 27.0. The largest absolute Gasteiger partial charge is 0.251 e. The molecule has 1 atom stereocenters. The summed E-state index contributed by atoms with van der Waals surface area (Å²) in [6.07, 6.45) is 0. The molecule has 1 aliphatic heterocycles. The Kier molecular flexibility index (Phi) is 6.30. The monoisotopic (exact) mass is 596 g/mol. The molecule has 0 amide bonds. The van der Waals surface area contributed by atoms with Crippen LogP contribution in [-0.4, -0.2) is 5.71 Å². The van der Waals surface area contributed by atoms with Crippen molar-refractivity contribution in [2.45, 2.75) is 5.92 Å². The van der Waals surface area contributed by atoms with E-state index in [1.54, 1.807) is 0 Å². The summed E-state index contributed by atoms with van der Waals surface area (Å²) >= 11 is 0. The molecule has 2 nitrogen and oxygen atoms in total. The predicted molar refractivity (Wildman–Crippen MR) is 195 cm³/mol. The molecule has 8 aromatic rings. The van der Waals surface area contributed by atoms with Crippen molar-refractivity contribution in [1.29, 1.82) is 5.26 Å². The Morgan fingerprint density at radius 3 is 1.74 bits per heavy atom. The Hall–Kier alpha value is -6.30. The average molecular weight is 597 g/mol. The molecule has 1 aliphatic rings. The summed E-state index contributed by atoms with van der Waals surface area (Å²) in [6.45, 7) is 0. The van der Waals surface area contributed by atoms with E-state index in [-0.39, 0.29) is 5.92 Å². The van der Waals surface area contributed by atoms with Crippen LogP contribution in [0.5, 0.6) is 0 Å². The van der Waals surface area contributed by atoms with Crippen molar-refractivity contribution in [2.75, 3.05) is 0 Å². The predicted octanol–water partition coefficient (Wildman–Crippen LogP) is 11.6. The van der Waals surface area contributed by atoms with Crippen molar-refractivity contribution in [3.63, 3.8) is 0 Å². The molecule has 218 valence electrons. The van der Waals surface area contributed by atoms with Crippen LogP contribution in [0.15, 0.2) is 169 Å². The second kappa shape index (κ2) is 10.9. The summed E-state index contributed by atoms with van der Waals surface area (Å²) in [4.78, 5) is 5.19. The SMILES string of the molecule is N#Cc1ccc2c(c1)N=C(c1cccc(-c3c4ccccc4c(-c4ccc5ccccc5c4)c4ccccc34)c1)C2c1ccccc1. The number of hydrogen-bond donors (Lipinski definition) is 0.